The first-order valence-corrected chi connectivity index (χ1v) is 27.1. The molecule has 2 atom stereocenters. The number of rotatable bonds is 48. The molecule has 1 unspecified atom stereocenters. The normalized spacial score (nSPS) is 12.6. The molecule has 0 saturated carbocycles. The van der Waals surface area contributed by atoms with Crippen LogP contribution in [0.5, 0.6) is 0 Å². The molecule has 0 rings (SSSR count). The summed E-state index contributed by atoms with van der Waals surface area (Å²) >= 11 is 0. The maximum absolute atomic E-state index is 12.8. The molecule has 0 aromatic carbocycles. The summed E-state index contributed by atoms with van der Waals surface area (Å²) in [6.07, 6.45) is 46.8. The lowest BCUT2D eigenvalue weighted by molar-refractivity contribution is -0.167. The Morgan fingerprint density at radius 1 is 0.328 bits per heavy atom. The standard InChI is InChI=1S/C55H106O6/c1-7-51(6)43-37-31-25-20-21-27-34-40-46-55(58)61-52(48-60-54(57)45-39-33-28-22-24-30-36-42-50(4)5)47-59-53(56)44-38-32-26-19-17-15-13-11-9-8-10-12-14-16-18-23-29-35-41-49(2)3/h49-52H,7-48H2,1-6H3/t51?,52-/m0/s1. The van der Waals surface area contributed by atoms with Crippen molar-refractivity contribution in [3.8, 4) is 0 Å². The van der Waals surface area contributed by atoms with Gasteiger partial charge in [-0.1, -0.05) is 260 Å². The summed E-state index contributed by atoms with van der Waals surface area (Å²) in [5.41, 5.74) is 0. The highest BCUT2D eigenvalue weighted by atomic mass is 16.6. The topological polar surface area (TPSA) is 78.9 Å². The largest absolute Gasteiger partial charge is 0.462 e. The molecule has 0 saturated heterocycles. The molecule has 0 aliphatic rings. The van der Waals surface area contributed by atoms with Gasteiger partial charge in [0.15, 0.2) is 6.10 Å². The van der Waals surface area contributed by atoms with Gasteiger partial charge in [0.2, 0.25) is 0 Å². The first-order chi connectivity index (χ1) is 29.6. The predicted molar refractivity (Wildman–Crippen MR) is 261 cm³/mol. The number of carbonyl (C=O) groups excluding carboxylic acids is 3. The van der Waals surface area contributed by atoms with Crippen LogP contribution in [0.1, 0.15) is 298 Å². The molecule has 6 nitrogen and oxygen atoms in total. The monoisotopic (exact) mass is 863 g/mol. The van der Waals surface area contributed by atoms with E-state index in [-0.39, 0.29) is 31.1 Å². The molecule has 0 radical (unpaired) electrons. The van der Waals surface area contributed by atoms with Crippen molar-refractivity contribution in [1.82, 2.24) is 0 Å². The van der Waals surface area contributed by atoms with E-state index in [0.717, 1.165) is 75.5 Å². The van der Waals surface area contributed by atoms with Gasteiger partial charge in [0.05, 0.1) is 0 Å². The van der Waals surface area contributed by atoms with E-state index in [1.807, 2.05) is 0 Å². The number of hydrogen-bond donors (Lipinski definition) is 0. The van der Waals surface area contributed by atoms with Gasteiger partial charge in [0, 0.05) is 19.3 Å². The Hall–Kier alpha value is -1.59. The van der Waals surface area contributed by atoms with E-state index in [2.05, 4.69) is 41.5 Å². The Morgan fingerprint density at radius 2 is 0.574 bits per heavy atom. The Balaban J connectivity index is 4.20. The molecule has 0 aliphatic carbocycles. The third-order valence-corrected chi connectivity index (χ3v) is 12.8. The Morgan fingerprint density at radius 3 is 0.852 bits per heavy atom. The first kappa shape index (κ1) is 59.4. The van der Waals surface area contributed by atoms with Crippen molar-refractivity contribution >= 4 is 17.9 Å². The van der Waals surface area contributed by atoms with Crippen LogP contribution >= 0.6 is 0 Å². The van der Waals surface area contributed by atoms with Gasteiger partial charge in [0.25, 0.3) is 0 Å². The van der Waals surface area contributed by atoms with Crippen molar-refractivity contribution in [2.24, 2.45) is 17.8 Å². The van der Waals surface area contributed by atoms with E-state index in [4.69, 9.17) is 14.2 Å². The summed E-state index contributed by atoms with van der Waals surface area (Å²) in [4.78, 5) is 37.9. The lowest BCUT2D eigenvalue weighted by Gasteiger charge is -2.18. The molecule has 0 aromatic rings. The summed E-state index contributed by atoms with van der Waals surface area (Å²) in [6, 6.07) is 0. The van der Waals surface area contributed by atoms with Crippen LogP contribution in [0.3, 0.4) is 0 Å². The average Bonchev–Trinajstić information content (AvgIpc) is 3.23. The summed E-state index contributed by atoms with van der Waals surface area (Å²) < 4.78 is 16.8. The average molecular weight is 863 g/mol. The molecule has 0 aliphatic heterocycles. The van der Waals surface area contributed by atoms with E-state index in [1.54, 1.807) is 0 Å². The molecular formula is C55H106O6. The minimum atomic E-state index is -0.763. The van der Waals surface area contributed by atoms with Crippen molar-refractivity contribution in [2.75, 3.05) is 13.2 Å². The molecule has 0 heterocycles. The molecule has 0 N–H and O–H groups in total. The van der Waals surface area contributed by atoms with E-state index in [0.29, 0.717) is 19.3 Å². The fourth-order valence-electron chi connectivity index (χ4n) is 8.26. The maximum Gasteiger partial charge on any atom is 0.306 e. The van der Waals surface area contributed by atoms with E-state index in [1.165, 1.54) is 180 Å². The minimum absolute atomic E-state index is 0.0651. The zero-order valence-electron chi connectivity index (χ0n) is 42.0. The molecule has 362 valence electrons. The zero-order valence-corrected chi connectivity index (χ0v) is 42.0. The molecule has 0 amide bonds. The highest BCUT2D eigenvalue weighted by Gasteiger charge is 2.19. The fourth-order valence-corrected chi connectivity index (χ4v) is 8.26. The SMILES string of the molecule is CCC(C)CCCCCCCCCCC(=O)O[C@@H](COC(=O)CCCCCCCCCCCCCCCCCCCCC(C)C)COC(=O)CCCCCCCCCC(C)C. The van der Waals surface area contributed by atoms with Gasteiger partial charge < -0.3 is 14.2 Å². The Kier molecular flexibility index (Phi) is 45.2. The maximum atomic E-state index is 12.8. The van der Waals surface area contributed by atoms with Crippen LogP contribution in [0.15, 0.2) is 0 Å². The summed E-state index contributed by atoms with van der Waals surface area (Å²) in [6.45, 7) is 13.7. The minimum Gasteiger partial charge on any atom is -0.462 e. The number of hydrogen-bond acceptors (Lipinski definition) is 6. The second-order valence-corrected chi connectivity index (χ2v) is 20.1. The van der Waals surface area contributed by atoms with Crippen LogP contribution in [0, 0.1) is 17.8 Å². The summed E-state index contributed by atoms with van der Waals surface area (Å²) in [5.74, 6) is 1.63. The van der Waals surface area contributed by atoms with Crippen molar-refractivity contribution in [3.05, 3.63) is 0 Å². The van der Waals surface area contributed by atoms with Crippen molar-refractivity contribution in [1.29, 1.82) is 0 Å². The van der Waals surface area contributed by atoms with Gasteiger partial charge in [0.1, 0.15) is 13.2 Å². The van der Waals surface area contributed by atoms with Crippen LogP contribution in [-0.2, 0) is 28.6 Å². The van der Waals surface area contributed by atoms with E-state index < -0.39 is 6.10 Å². The number of ether oxygens (including phenoxy) is 3. The lowest BCUT2D eigenvalue weighted by atomic mass is 9.99. The van der Waals surface area contributed by atoms with Gasteiger partial charge >= 0.3 is 17.9 Å². The van der Waals surface area contributed by atoms with Crippen LogP contribution in [0.4, 0.5) is 0 Å². The van der Waals surface area contributed by atoms with Gasteiger partial charge in [-0.15, -0.1) is 0 Å². The lowest BCUT2D eigenvalue weighted by Crippen LogP contribution is -2.30. The van der Waals surface area contributed by atoms with Crippen molar-refractivity contribution < 1.29 is 28.6 Å². The number of unbranched alkanes of at least 4 members (excludes halogenated alkanes) is 30. The van der Waals surface area contributed by atoms with Crippen molar-refractivity contribution in [3.63, 3.8) is 0 Å². The van der Waals surface area contributed by atoms with Gasteiger partial charge in [-0.05, 0) is 37.0 Å². The van der Waals surface area contributed by atoms with Crippen LogP contribution in [0.25, 0.3) is 0 Å². The molecule has 0 bridgehead atoms. The quantitative estimate of drug-likeness (QED) is 0.0344. The fraction of sp³-hybridized carbons (Fsp3) is 0.945. The van der Waals surface area contributed by atoms with Crippen LogP contribution < -0.4 is 0 Å². The van der Waals surface area contributed by atoms with Crippen LogP contribution in [0.2, 0.25) is 0 Å². The van der Waals surface area contributed by atoms with Crippen LogP contribution in [-0.4, -0.2) is 37.2 Å². The second-order valence-electron chi connectivity index (χ2n) is 20.1. The van der Waals surface area contributed by atoms with E-state index in [9.17, 15) is 14.4 Å². The molecule has 0 fully saturated rings. The highest BCUT2D eigenvalue weighted by Crippen LogP contribution is 2.18. The predicted octanol–water partition coefficient (Wildman–Crippen LogP) is 17.6. The van der Waals surface area contributed by atoms with Gasteiger partial charge in [-0.3, -0.25) is 14.4 Å². The third-order valence-electron chi connectivity index (χ3n) is 12.8. The van der Waals surface area contributed by atoms with Crippen molar-refractivity contribution in [2.45, 2.75) is 304 Å². The molecule has 6 heteroatoms. The molecule has 61 heavy (non-hydrogen) atoms. The Bertz CT molecular complexity index is 947. The molecular weight excluding hydrogens is 757 g/mol. The number of esters is 3. The van der Waals surface area contributed by atoms with E-state index >= 15 is 0 Å². The summed E-state index contributed by atoms with van der Waals surface area (Å²) in [7, 11) is 0. The van der Waals surface area contributed by atoms with Gasteiger partial charge in [-0.2, -0.15) is 0 Å². The number of carbonyl (C=O) groups is 3. The van der Waals surface area contributed by atoms with Gasteiger partial charge in [-0.25, -0.2) is 0 Å². The molecule has 0 spiro atoms. The Labute approximate surface area is 380 Å². The highest BCUT2D eigenvalue weighted by molar-refractivity contribution is 5.71. The molecule has 0 aromatic heterocycles. The third kappa shape index (κ3) is 47.7. The smallest absolute Gasteiger partial charge is 0.306 e. The second kappa shape index (κ2) is 46.4. The first-order valence-electron chi connectivity index (χ1n) is 27.1. The zero-order chi connectivity index (χ0) is 44.9. The summed E-state index contributed by atoms with van der Waals surface area (Å²) in [5, 5.41) is 0.